The van der Waals surface area contributed by atoms with Gasteiger partial charge in [-0.25, -0.2) is 4.98 Å². The maximum Gasteiger partial charge on any atom is 0.339 e. The molecule has 26 heavy (non-hydrogen) atoms. The smallest absolute Gasteiger partial charge is 0.339 e. The molecule has 3 rings (SSSR count). The van der Waals surface area contributed by atoms with Crippen LogP contribution in [0.3, 0.4) is 0 Å². The molecule has 0 atom stereocenters. The Labute approximate surface area is 152 Å². The van der Waals surface area contributed by atoms with Crippen LogP contribution in [0.5, 0.6) is 5.75 Å². The average Bonchev–Trinajstić information content (AvgIpc) is 2.62. The van der Waals surface area contributed by atoms with Crippen molar-refractivity contribution in [3.8, 4) is 5.75 Å². The Bertz CT molecular complexity index is 1060. The molecule has 0 bridgehead atoms. The number of aromatic nitrogens is 1. The number of anilines is 1. The van der Waals surface area contributed by atoms with Gasteiger partial charge in [0.1, 0.15) is 10.4 Å². The van der Waals surface area contributed by atoms with Gasteiger partial charge in [-0.05, 0) is 43.3 Å². The zero-order valence-corrected chi connectivity index (χ0v) is 15.2. The first-order valence-corrected chi connectivity index (χ1v) is 9.50. The molecule has 1 N–H and O–H groups in total. The van der Waals surface area contributed by atoms with Gasteiger partial charge in [-0.3, -0.25) is 4.79 Å². The summed E-state index contributed by atoms with van der Waals surface area (Å²) in [5.41, 5.74) is 1.78. The molecule has 2 aromatic carbocycles. The monoisotopic (exact) mass is 370 g/mol. The molecule has 0 aliphatic rings. The molecular weight excluding hydrogens is 352 g/mol. The zero-order valence-electron chi connectivity index (χ0n) is 14.4. The summed E-state index contributed by atoms with van der Waals surface area (Å²) < 4.78 is 30.5. The van der Waals surface area contributed by atoms with Crippen molar-refractivity contribution in [2.45, 2.75) is 25.2 Å². The fourth-order valence-electron chi connectivity index (χ4n) is 2.41. The highest BCUT2D eigenvalue weighted by molar-refractivity contribution is 7.87. The zero-order chi connectivity index (χ0) is 18.7. The molecule has 134 valence electrons. The van der Waals surface area contributed by atoms with Crippen LogP contribution >= 0.6 is 0 Å². The van der Waals surface area contributed by atoms with E-state index in [1.165, 1.54) is 24.3 Å². The van der Waals surface area contributed by atoms with E-state index in [0.29, 0.717) is 17.6 Å². The third kappa shape index (κ3) is 3.83. The van der Waals surface area contributed by atoms with E-state index in [9.17, 15) is 13.2 Å². The summed E-state index contributed by atoms with van der Waals surface area (Å²) in [6.07, 6.45) is 0.344. The summed E-state index contributed by atoms with van der Waals surface area (Å²) in [5.74, 6) is 0.0311. The molecule has 7 heteroatoms. The topological polar surface area (TPSA) is 85.4 Å². The van der Waals surface area contributed by atoms with Crippen molar-refractivity contribution in [3.05, 3.63) is 60.3 Å². The minimum Gasteiger partial charge on any atom is -0.377 e. The van der Waals surface area contributed by atoms with Gasteiger partial charge >= 0.3 is 10.1 Å². The number of benzene rings is 2. The van der Waals surface area contributed by atoms with Crippen molar-refractivity contribution in [2.24, 2.45) is 0 Å². The highest BCUT2D eigenvalue weighted by atomic mass is 32.2. The molecule has 1 heterocycles. The number of amides is 1. The molecule has 0 aliphatic carbocycles. The van der Waals surface area contributed by atoms with Crippen molar-refractivity contribution in [1.29, 1.82) is 0 Å². The Balaban J connectivity index is 1.90. The van der Waals surface area contributed by atoms with Crippen LogP contribution in [0, 0.1) is 6.92 Å². The predicted octanol–water partition coefficient (Wildman–Crippen LogP) is 3.66. The van der Waals surface area contributed by atoms with Gasteiger partial charge in [0.05, 0.1) is 0 Å². The molecule has 0 spiro atoms. The van der Waals surface area contributed by atoms with Crippen LogP contribution in [-0.2, 0) is 14.9 Å². The molecule has 3 aromatic rings. The Kier molecular flexibility index (Phi) is 4.90. The number of rotatable bonds is 5. The largest absolute Gasteiger partial charge is 0.377 e. The molecule has 1 aromatic heterocycles. The van der Waals surface area contributed by atoms with Gasteiger partial charge in [0, 0.05) is 23.2 Å². The fourth-order valence-corrected chi connectivity index (χ4v) is 3.34. The predicted molar refractivity (Wildman–Crippen MR) is 99.7 cm³/mol. The first kappa shape index (κ1) is 17.9. The lowest BCUT2D eigenvalue weighted by Gasteiger charge is -2.10. The number of carbonyl (C=O) groups excluding carboxylic acids is 1. The van der Waals surface area contributed by atoms with Gasteiger partial charge in [-0.15, -0.1) is 0 Å². The number of fused-ring (bicyclic) bond motifs is 1. The lowest BCUT2D eigenvalue weighted by atomic mass is 10.2. The van der Waals surface area contributed by atoms with Crippen LogP contribution < -0.4 is 9.50 Å². The molecular formula is C19H18N2O4S. The first-order chi connectivity index (χ1) is 12.4. The van der Waals surface area contributed by atoms with Gasteiger partial charge < -0.3 is 9.50 Å². The number of nitrogens with zero attached hydrogens (tertiary/aromatic N) is 1. The molecule has 0 aliphatic heterocycles. The molecule has 0 saturated heterocycles. The van der Waals surface area contributed by atoms with Crippen molar-refractivity contribution in [3.63, 3.8) is 0 Å². The number of hydrogen-bond donors (Lipinski definition) is 1. The Morgan fingerprint density at radius 3 is 2.50 bits per heavy atom. The Hall–Kier alpha value is -2.93. The minimum atomic E-state index is -4.02. The van der Waals surface area contributed by atoms with Crippen LogP contribution in [0.15, 0.2) is 59.5 Å². The molecule has 0 saturated carbocycles. The van der Waals surface area contributed by atoms with Gasteiger partial charge in [-0.1, -0.05) is 25.1 Å². The number of para-hydroxylation sites is 1. The molecule has 1 amide bonds. The number of aryl methyl sites for hydroxylation is 1. The van der Waals surface area contributed by atoms with E-state index in [2.05, 4.69) is 10.3 Å². The van der Waals surface area contributed by atoms with E-state index < -0.39 is 10.1 Å². The van der Waals surface area contributed by atoms with Crippen LogP contribution in [0.2, 0.25) is 0 Å². The van der Waals surface area contributed by atoms with Crippen molar-refractivity contribution >= 4 is 32.6 Å². The van der Waals surface area contributed by atoms with Gasteiger partial charge in [0.25, 0.3) is 0 Å². The lowest BCUT2D eigenvalue weighted by Crippen LogP contribution is -2.12. The van der Waals surface area contributed by atoms with Crippen molar-refractivity contribution in [2.75, 3.05) is 5.32 Å². The van der Waals surface area contributed by atoms with Crippen LogP contribution in [0.1, 0.15) is 19.0 Å². The lowest BCUT2D eigenvalue weighted by molar-refractivity contribution is -0.115. The molecule has 0 unspecified atom stereocenters. The quantitative estimate of drug-likeness (QED) is 0.693. The van der Waals surface area contributed by atoms with Gasteiger partial charge in [0.2, 0.25) is 5.91 Å². The van der Waals surface area contributed by atoms with E-state index >= 15 is 0 Å². The Morgan fingerprint density at radius 1 is 1.08 bits per heavy atom. The van der Waals surface area contributed by atoms with Crippen molar-refractivity contribution in [1.82, 2.24) is 4.98 Å². The number of nitrogens with one attached hydrogen (secondary N) is 1. The normalized spacial score (nSPS) is 11.3. The van der Waals surface area contributed by atoms with Gasteiger partial charge in [0.15, 0.2) is 5.75 Å². The second-order valence-electron chi connectivity index (χ2n) is 5.74. The first-order valence-electron chi connectivity index (χ1n) is 8.10. The van der Waals surface area contributed by atoms with E-state index in [1.807, 2.05) is 25.1 Å². The van der Waals surface area contributed by atoms with Crippen LogP contribution in [0.25, 0.3) is 10.9 Å². The fraction of sp³-hybridized carbons (Fsp3) is 0.158. The van der Waals surface area contributed by atoms with E-state index in [0.717, 1.165) is 11.1 Å². The Morgan fingerprint density at radius 2 is 1.81 bits per heavy atom. The summed E-state index contributed by atoms with van der Waals surface area (Å²) in [6, 6.07) is 14.7. The number of carbonyl (C=O) groups is 1. The molecule has 0 fully saturated rings. The maximum absolute atomic E-state index is 12.6. The van der Waals surface area contributed by atoms with Crippen LogP contribution in [0.4, 0.5) is 5.69 Å². The average molecular weight is 370 g/mol. The standard InChI is InChI=1S/C19H18N2O4S/c1-3-18(22)21-15-9-11-16(12-10-15)26(23,24)25-17-6-4-5-14-8-7-13(2)20-19(14)17/h4-12H,3H2,1-2H3,(H,21,22). The van der Waals surface area contributed by atoms with E-state index in [1.54, 1.807) is 19.1 Å². The number of hydrogen-bond acceptors (Lipinski definition) is 5. The number of pyridine rings is 1. The van der Waals surface area contributed by atoms with E-state index in [4.69, 9.17) is 4.18 Å². The maximum atomic E-state index is 12.6. The summed E-state index contributed by atoms with van der Waals surface area (Å²) >= 11 is 0. The SMILES string of the molecule is CCC(=O)Nc1ccc(S(=O)(=O)Oc2cccc3ccc(C)nc23)cc1. The second kappa shape index (κ2) is 7.13. The third-order valence-corrected chi connectivity index (χ3v) is 5.02. The minimum absolute atomic E-state index is 0.00310. The highest BCUT2D eigenvalue weighted by Gasteiger charge is 2.18. The summed E-state index contributed by atoms with van der Waals surface area (Å²) in [7, 11) is -4.02. The second-order valence-corrected chi connectivity index (χ2v) is 7.29. The van der Waals surface area contributed by atoms with E-state index in [-0.39, 0.29) is 16.6 Å². The summed E-state index contributed by atoms with van der Waals surface area (Å²) in [6.45, 7) is 3.57. The summed E-state index contributed by atoms with van der Waals surface area (Å²) in [5, 5.41) is 3.46. The van der Waals surface area contributed by atoms with Gasteiger partial charge in [-0.2, -0.15) is 8.42 Å². The molecule has 0 radical (unpaired) electrons. The van der Waals surface area contributed by atoms with Crippen molar-refractivity contribution < 1.29 is 17.4 Å². The highest BCUT2D eigenvalue weighted by Crippen LogP contribution is 2.27. The summed E-state index contributed by atoms with van der Waals surface area (Å²) in [4.78, 5) is 15.8. The van der Waals surface area contributed by atoms with Crippen LogP contribution in [-0.4, -0.2) is 19.3 Å². The molecule has 6 nitrogen and oxygen atoms in total. The third-order valence-electron chi connectivity index (χ3n) is 3.77.